The Bertz CT molecular complexity index is 566. The molecule has 0 saturated heterocycles. The van der Waals surface area contributed by atoms with Crippen LogP contribution in [0.5, 0.6) is 5.75 Å². The van der Waals surface area contributed by atoms with E-state index in [1.807, 2.05) is 13.8 Å². The van der Waals surface area contributed by atoms with Gasteiger partial charge in [-0.15, -0.1) is 0 Å². The van der Waals surface area contributed by atoms with Gasteiger partial charge in [-0.05, 0) is 38.8 Å². The van der Waals surface area contributed by atoms with Crippen molar-refractivity contribution in [2.45, 2.75) is 41.5 Å². The first-order valence-electron chi connectivity index (χ1n) is 8.93. The number of nitrogens with zero attached hydrogens (tertiary/aromatic N) is 1. The van der Waals surface area contributed by atoms with E-state index in [-0.39, 0.29) is 39.5 Å². The highest BCUT2D eigenvalue weighted by Gasteiger charge is 2.26. The summed E-state index contributed by atoms with van der Waals surface area (Å²) in [6.45, 7) is 6.72. The van der Waals surface area contributed by atoms with Gasteiger partial charge >= 0.3 is 7.82 Å². The summed E-state index contributed by atoms with van der Waals surface area (Å²) < 4.78 is 37.2. The normalized spacial score (nSPS) is 11.7. The molecule has 0 saturated carbocycles. The third-order valence-electron chi connectivity index (χ3n) is 3.03. The highest BCUT2D eigenvalue weighted by molar-refractivity contribution is 7.48. The van der Waals surface area contributed by atoms with Gasteiger partial charge in [-0.25, -0.2) is 4.57 Å². The number of nitro groups is 1. The van der Waals surface area contributed by atoms with Crippen molar-refractivity contribution < 1.29 is 37.6 Å². The van der Waals surface area contributed by atoms with Gasteiger partial charge in [-0.2, -0.15) is 0 Å². The summed E-state index contributed by atoms with van der Waals surface area (Å²) in [5, 5.41) is 18.7. The molecule has 1 aromatic carbocycles. The number of hydrogen-bond acceptors (Lipinski definition) is 9. The van der Waals surface area contributed by atoms with E-state index in [1.54, 1.807) is 0 Å². The van der Waals surface area contributed by atoms with Gasteiger partial charge in [0.2, 0.25) is 0 Å². The Labute approximate surface area is 180 Å². The van der Waals surface area contributed by atoms with E-state index in [1.165, 1.54) is 31.4 Å². The number of aliphatic hydroxyl groups is 1. The summed E-state index contributed by atoms with van der Waals surface area (Å²) in [7, 11) is -2.53. The summed E-state index contributed by atoms with van der Waals surface area (Å²) in [4.78, 5) is 9.99. The van der Waals surface area contributed by atoms with Crippen LogP contribution in [0.3, 0.4) is 0 Å². The number of nitro benzene ring substituents is 1. The van der Waals surface area contributed by atoms with Crippen molar-refractivity contribution in [3.8, 4) is 5.75 Å². The van der Waals surface area contributed by atoms with Crippen LogP contribution in [0.15, 0.2) is 24.3 Å². The molecule has 0 amide bonds. The van der Waals surface area contributed by atoms with Gasteiger partial charge in [0.25, 0.3) is 5.69 Å². The van der Waals surface area contributed by atoms with Gasteiger partial charge in [0.05, 0.1) is 11.5 Å². The number of phosphoric acid groups is 1. The molecule has 0 aromatic heterocycles. The maximum atomic E-state index is 12.2. The van der Waals surface area contributed by atoms with Gasteiger partial charge in [-0.3, -0.25) is 19.2 Å². The van der Waals surface area contributed by atoms with E-state index in [9.17, 15) is 14.7 Å². The second kappa shape index (κ2) is 20.7. The van der Waals surface area contributed by atoms with Crippen molar-refractivity contribution in [3.63, 3.8) is 0 Å². The zero-order valence-electron chi connectivity index (χ0n) is 16.6. The largest absolute Gasteiger partial charge is 0.529 e. The number of aliphatic hydroxyl groups excluding tert-OH is 1. The molecule has 10 nitrogen and oxygen atoms in total. The fraction of sp³-hybridized carbons (Fsp3) is 0.684. The first-order valence-corrected chi connectivity index (χ1v) is 10.4. The quantitative estimate of drug-likeness (QED) is 0.181. The number of non-ortho nitro benzene ring substituents is 1. The van der Waals surface area contributed by atoms with E-state index in [2.05, 4.69) is 0 Å². The van der Waals surface area contributed by atoms with Gasteiger partial charge in [0.15, 0.2) is 0 Å². The molecule has 1 unspecified atom stereocenters. The molecule has 0 aliphatic heterocycles. The monoisotopic (exact) mass is 455 g/mol. The van der Waals surface area contributed by atoms with Crippen LogP contribution in [-0.4, -0.2) is 56.8 Å². The van der Waals surface area contributed by atoms with Crippen LogP contribution in [0.1, 0.15) is 41.5 Å². The second-order valence-corrected chi connectivity index (χ2v) is 6.83. The smallest absolute Gasteiger partial charge is 0.404 e. The fourth-order valence-electron chi connectivity index (χ4n) is 1.67. The van der Waals surface area contributed by atoms with E-state index >= 15 is 0 Å². The maximum Gasteiger partial charge on any atom is 0.529 e. The summed E-state index contributed by atoms with van der Waals surface area (Å²) in [5.74, 6) is 0.163. The van der Waals surface area contributed by atoms with Gasteiger partial charge in [0, 0.05) is 52.3 Å². The van der Waals surface area contributed by atoms with E-state index in [0.29, 0.717) is 26.2 Å². The molecule has 0 radical (unpaired) electrons. The summed E-state index contributed by atoms with van der Waals surface area (Å²) in [6.07, 6.45) is 1.30. The van der Waals surface area contributed by atoms with Crippen molar-refractivity contribution in [2.24, 2.45) is 0 Å². The van der Waals surface area contributed by atoms with Crippen LogP contribution in [0.2, 0.25) is 0 Å². The molecule has 0 bridgehead atoms. The average Bonchev–Trinajstić information content (AvgIpc) is 2.69. The van der Waals surface area contributed by atoms with Gasteiger partial charge < -0.3 is 19.1 Å². The van der Waals surface area contributed by atoms with E-state index in [4.69, 9.17) is 28.2 Å². The number of phosphoric ester groups is 1. The van der Waals surface area contributed by atoms with Crippen LogP contribution in [0.25, 0.3) is 0 Å². The molecule has 0 aliphatic rings. The maximum absolute atomic E-state index is 12.2. The molecule has 0 fully saturated rings. The van der Waals surface area contributed by atoms with Gasteiger partial charge in [-0.1, -0.05) is 14.9 Å². The summed E-state index contributed by atoms with van der Waals surface area (Å²) >= 11 is 0. The van der Waals surface area contributed by atoms with Crippen LogP contribution < -0.4 is 4.52 Å². The molecule has 0 aliphatic carbocycles. The Kier molecular flexibility index (Phi) is 22.9. The Hall–Kier alpha value is -1.55. The molecule has 0 heterocycles. The van der Waals surface area contributed by atoms with Crippen molar-refractivity contribution >= 4 is 13.5 Å². The number of benzene rings is 1. The molecule has 11 heteroatoms. The topological polar surface area (TPSA) is 127 Å². The predicted octanol–water partition coefficient (Wildman–Crippen LogP) is 4.85. The first-order chi connectivity index (χ1) is 13.4. The zero-order chi connectivity index (χ0) is 21.3. The second-order valence-electron chi connectivity index (χ2n) is 5.13. The summed E-state index contributed by atoms with van der Waals surface area (Å²) in [5.41, 5.74) is -0.0905. The molecular formula is C19H38NO9P. The molecule has 1 aromatic rings. The van der Waals surface area contributed by atoms with Crippen molar-refractivity contribution in [1.82, 2.24) is 0 Å². The van der Waals surface area contributed by atoms with E-state index in [0.717, 1.165) is 13.0 Å². The van der Waals surface area contributed by atoms with Gasteiger partial charge in [0.1, 0.15) is 5.75 Å². The molecule has 178 valence electrons. The molecule has 1 atom stereocenters. The molecular weight excluding hydrogens is 417 g/mol. The third-order valence-corrected chi connectivity index (χ3v) is 4.41. The Morgan fingerprint density at radius 1 is 1.00 bits per heavy atom. The average molecular weight is 455 g/mol. The van der Waals surface area contributed by atoms with Crippen molar-refractivity contribution in [3.05, 3.63) is 34.4 Å². The van der Waals surface area contributed by atoms with E-state index < -0.39 is 12.7 Å². The number of hydrogen-bond donors (Lipinski definition) is 1. The first kappa shape index (κ1) is 33.1. The fourth-order valence-corrected chi connectivity index (χ4v) is 2.63. The lowest BCUT2D eigenvalue weighted by Crippen LogP contribution is -2.04. The highest BCUT2D eigenvalue weighted by Crippen LogP contribution is 2.48. The van der Waals surface area contributed by atoms with Crippen molar-refractivity contribution in [1.29, 1.82) is 0 Å². The number of rotatable bonds is 14. The van der Waals surface area contributed by atoms with Crippen LogP contribution in [0, 0.1) is 10.1 Å². The Balaban J connectivity index is -0.000000700. The summed E-state index contributed by atoms with van der Waals surface area (Å²) in [6, 6.07) is 5.13. The lowest BCUT2D eigenvalue weighted by molar-refractivity contribution is -0.384. The van der Waals surface area contributed by atoms with Crippen LogP contribution in [-0.2, 0) is 23.1 Å². The minimum absolute atomic E-state index is 0. The molecule has 30 heavy (non-hydrogen) atoms. The van der Waals surface area contributed by atoms with Crippen molar-refractivity contribution in [2.75, 3.05) is 46.8 Å². The Morgan fingerprint density at radius 2 is 1.53 bits per heavy atom. The lowest BCUT2D eigenvalue weighted by Gasteiger charge is -2.16. The van der Waals surface area contributed by atoms with Crippen LogP contribution >= 0.6 is 7.82 Å². The SMILES string of the molecule is C.C.CCOCCCO.CCOCCCOP(=O)(OC)Oc1ccc([N+](=O)[O-])cc1. The lowest BCUT2D eigenvalue weighted by atomic mass is 10.3. The molecule has 0 spiro atoms. The predicted molar refractivity (Wildman–Crippen MR) is 117 cm³/mol. The molecule has 1 rings (SSSR count). The molecule has 1 N–H and O–H groups in total. The Morgan fingerprint density at radius 3 is 1.97 bits per heavy atom. The standard InChI is InChI=1S/C12H18NO7P.C5H12O2.2CH4/c1-3-18-9-4-10-19-21(16,17-2)20-12-7-5-11(6-8-12)13(14)15;1-2-7-5-3-4-6;;/h5-8H,3-4,9-10H2,1-2H3;6H,2-5H2,1H3;2*1H4. The number of ether oxygens (including phenoxy) is 2. The minimum Gasteiger partial charge on any atom is -0.404 e. The zero-order valence-corrected chi connectivity index (χ0v) is 17.5. The van der Waals surface area contributed by atoms with Crippen LogP contribution in [0.4, 0.5) is 5.69 Å². The minimum atomic E-state index is -3.74. The highest BCUT2D eigenvalue weighted by atomic mass is 31.2. The third kappa shape index (κ3) is 16.3.